The van der Waals surface area contributed by atoms with Crippen LogP contribution in [0.15, 0.2) is 41.6 Å². The maximum atomic E-state index is 12.6. The third-order valence-corrected chi connectivity index (χ3v) is 6.46. The van der Waals surface area contributed by atoms with Gasteiger partial charge in [0.15, 0.2) is 22.5 Å². The zero-order chi connectivity index (χ0) is 24.1. The Hall–Kier alpha value is -3.53. The first-order valence-electron chi connectivity index (χ1n) is 11.1. The number of anilines is 1. The molecule has 0 atom stereocenters. The Morgan fingerprint density at radius 1 is 1.12 bits per heavy atom. The molecule has 1 aliphatic rings. The standard InChI is InChI=1S/C24H27N5O4S/c1-4-16-8-6-7-15(3)22(16)26-21(30)13-34-24-28-27-20(29(24)5-2)12-25-23(31)17-9-10-18-19(11-17)33-14-32-18/h6-11H,4-5,12-14H2,1-3H3,(H,25,31)(H,26,30). The van der Waals surface area contributed by atoms with Crippen molar-refractivity contribution in [2.75, 3.05) is 17.9 Å². The van der Waals surface area contributed by atoms with Gasteiger partial charge in [-0.05, 0) is 49.6 Å². The van der Waals surface area contributed by atoms with Crippen LogP contribution in [0.4, 0.5) is 5.69 Å². The van der Waals surface area contributed by atoms with E-state index < -0.39 is 0 Å². The summed E-state index contributed by atoms with van der Waals surface area (Å²) in [6.07, 6.45) is 0.843. The first-order chi connectivity index (χ1) is 16.5. The lowest BCUT2D eigenvalue weighted by Crippen LogP contribution is -2.24. The quantitative estimate of drug-likeness (QED) is 0.450. The summed E-state index contributed by atoms with van der Waals surface area (Å²) in [5.41, 5.74) is 3.49. The summed E-state index contributed by atoms with van der Waals surface area (Å²) in [5.74, 6) is 1.66. The molecule has 0 bridgehead atoms. The summed E-state index contributed by atoms with van der Waals surface area (Å²) in [7, 11) is 0. The van der Waals surface area contributed by atoms with Gasteiger partial charge in [0.05, 0.1) is 12.3 Å². The molecule has 0 aliphatic carbocycles. The molecule has 0 saturated heterocycles. The Morgan fingerprint density at radius 2 is 1.94 bits per heavy atom. The molecule has 0 saturated carbocycles. The summed E-state index contributed by atoms with van der Waals surface area (Å²) >= 11 is 1.32. The van der Waals surface area contributed by atoms with Gasteiger partial charge in [-0.3, -0.25) is 9.59 Å². The number of aryl methyl sites for hydroxylation is 2. The first kappa shape index (κ1) is 23.6. The molecule has 3 aromatic rings. The molecule has 0 fully saturated rings. The van der Waals surface area contributed by atoms with E-state index in [-0.39, 0.29) is 30.9 Å². The van der Waals surface area contributed by atoms with Gasteiger partial charge >= 0.3 is 0 Å². The van der Waals surface area contributed by atoms with Crippen molar-refractivity contribution in [2.45, 2.75) is 45.4 Å². The molecule has 2 aromatic carbocycles. The van der Waals surface area contributed by atoms with Crippen molar-refractivity contribution in [1.29, 1.82) is 0 Å². The number of ether oxygens (including phenoxy) is 2. The van der Waals surface area contributed by atoms with Gasteiger partial charge in [-0.25, -0.2) is 0 Å². The van der Waals surface area contributed by atoms with E-state index in [1.807, 2.05) is 36.6 Å². The molecule has 4 rings (SSSR count). The van der Waals surface area contributed by atoms with Crippen molar-refractivity contribution < 1.29 is 19.1 Å². The summed E-state index contributed by atoms with van der Waals surface area (Å²) in [6.45, 7) is 7.00. The number of para-hydroxylation sites is 1. The SMILES string of the molecule is CCc1cccc(C)c1NC(=O)CSc1nnc(CNC(=O)c2ccc3c(c2)OCO3)n1CC. The van der Waals surface area contributed by atoms with Crippen LogP contribution in [0.5, 0.6) is 11.5 Å². The number of rotatable bonds is 9. The van der Waals surface area contributed by atoms with Crippen LogP contribution in [0.25, 0.3) is 0 Å². The molecule has 1 aliphatic heterocycles. The second kappa shape index (κ2) is 10.6. The number of nitrogens with zero attached hydrogens (tertiary/aromatic N) is 3. The number of thioether (sulfide) groups is 1. The Balaban J connectivity index is 1.35. The van der Waals surface area contributed by atoms with Crippen LogP contribution in [0.3, 0.4) is 0 Å². The Morgan fingerprint density at radius 3 is 2.74 bits per heavy atom. The maximum absolute atomic E-state index is 12.6. The summed E-state index contributed by atoms with van der Waals surface area (Å²) in [6, 6.07) is 11.1. The lowest BCUT2D eigenvalue weighted by molar-refractivity contribution is -0.113. The molecule has 0 unspecified atom stereocenters. The highest BCUT2D eigenvalue weighted by Crippen LogP contribution is 2.32. The van der Waals surface area contributed by atoms with Crippen molar-refractivity contribution in [3.63, 3.8) is 0 Å². The molecule has 2 heterocycles. The van der Waals surface area contributed by atoms with Gasteiger partial charge in [0.2, 0.25) is 12.7 Å². The van der Waals surface area contributed by atoms with Gasteiger partial charge in [-0.2, -0.15) is 0 Å². The zero-order valence-corrected chi connectivity index (χ0v) is 20.2. The molecule has 178 valence electrons. The zero-order valence-electron chi connectivity index (χ0n) is 19.4. The predicted molar refractivity (Wildman–Crippen MR) is 129 cm³/mol. The number of aromatic nitrogens is 3. The van der Waals surface area contributed by atoms with Crippen molar-refractivity contribution in [3.8, 4) is 11.5 Å². The minimum Gasteiger partial charge on any atom is -0.454 e. The van der Waals surface area contributed by atoms with E-state index in [0.717, 1.165) is 23.2 Å². The number of fused-ring (bicyclic) bond motifs is 1. The van der Waals surface area contributed by atoms with Crippen molar-refractivity contribution >= 4 is 29.3 Å². The van der Waals surface area contributed by atoms with Gasteiger partial charge in [0.1, 0.15) is 0 Å². The maximum Gasteiger partial charge on any atom is 0.251 e. The number of carbonyl (C=O) groups is 2. The number of benzene rings is 2. The molecular weight excluding hydrogens is 454 g/mol. The minimum absolute atomic E-state index is 0.0997. The van der Waals surface area contributed by atoms with E-state index in [0.29, 0.717) is 34.6 Å². The third-order valence-electron chi connectivity index (χ3n) is 5.49. The predicted octanol–water partition coefficient (Wildman–Crippen LogP) is 3.56. The summed E-state index contributed by atoms with van der Waals surface area (Å²) in [4.78, 5) is 25.2. The van der Waals surface area contributed by atoms with E-state index in [1.54, 1.807) is 18.2 Å². The fourth-order valence-electron chi connectivity index (χ4n) is 3.68. The van der Waals surface area contributed by atoms with E-state index in [4.69, 9.17) is 9.47 Å². The highest BCUT2D eigenvalue weighted by molar-refractivity contribution is 7.99. The van der Waals surface area contributed by atoms with Gasteiger partial charge in [0.25, 0.3) is 5.91 Å². The molecular formula is C24H27N5O4S. The highest BCUT2D eigenvalue weighted by Gasteiger charge is 2.18. The lowest BCUT2D eigenvalue weighted by atomic mass is 10.1. The van der Waals surface area contributed by atoms with Crippen molar-refractivity contribution in [3.05, 3.63) is 58.9 Å². The highest BCUT2D eigenvalue weighted by atomic mass is 32.2. The van der Waals surface area contributed by atoms with Crippen molar-refractivity contribution in [2.24, 2.45) is 0 Å². The van der Waals surface area contributed by atoms with Crippen LogP contribution in [-0.2, 0) is 24.3 Å². The monoisotopic (exact) mass is 481 g/mol. The van der Waals surface area contributed by atoms with Gasteiger partial charge in [-0.1, -0.05) is 36.9 Å². The molecule has 2 N–H and O–H groups in total. The van der Waals surface area contributed by atoms with E-state index in [2.05, 4.69) is 27.8 Å². The minimum atomic E-state index is -0.248. The molecule has 10 heteroatoms. The Labute approximate surface area is 202 Å². The van der Waals surface area contributed by atoms with Crippen LogP contribution in [0.1, 0.15) is 41.2 Å². The molecule has 1 aromatic heterocycles. The second-order valence-corrected chi connectivity index (χ2v) is 8.64. The second-order valence-electron chi connectivity index (χ2n) is 7.69. The smallest absolute Gasteiger partial charge is 0.251 e. The van der Waals surface area contributed by atoms with Crippen LogP contribution in [0.2, 0.25) is 0 Å². The molecule has 2 amide bonds. The molecule has 0 radical (unpaired) electrons. The number of nitrogens with one attached hydrogen (secondary N) is 2. The largest absolute Gasteiger partial charge is 0.454 e. The number of amides is 2. The molecule has 9 nitrogen and oxygen atoms in total. The topological polar surface area (TPSA) is 107 Å². The molecule has 0 spiro atoms. The third kappa shape index (κ3) is 5.17. The Bertz CT molecular complexity index is 1210. The van der Waals surface area contributed by atoms with E-state index in [1.165, 1.54) is 11.8 Å². The van der Waals surface area contributed by atoms with Gasteiger partial charge in [-0.15, -0.1) is 10.2 Å². The first-order valence-corrected chi connectivity index (χ1v) is 12.1. The molecule has 34 heavy (non-hydrogen) atoms. The lowest BCUT2D eigenvalue weighted by Gasteiger charge is -2.13. The van der Waals surface area contributed by atoms with Crippen molar-refractivity contribution in [1.82, 2.24) is 20.1 Å². The number of hydrogen-bond donors (Lipinski definition) is 2. The average Bonchev–Trinajstić information content (AvgIpc) is 3.48. The van der Waals surface area contributed by atoms with Crippen LogP contribution >= 0.6 is 11.8 Å². The van der Waals surface area contributed by atoms with Crippen LogP contribution in [0, 0.1) is 6.92 Å². The van der Waals surface area contributed by atoms with Crippen LogP contribution < -0.4 is 20.1 Å². The number of carbonyl (C=O) groups excluding carboxylic acids is 2. The fourth-order valence-corrected chi connectivity index (χ4v) is 4.50. The Kier molecular flexibility index (Phi) is 7.36. The van der Waals surface area contributed by atoms with Crippen LogP contribution in [-0.4, -0.2) is 39.1 Å². The normalized spacial score (nSPS) is 12.0. The number of hydrogen-bond acceptors (Lipinski definition) is 7. The summed E-state index contributed by atoms with van der Waals surface area (Å²) in [5, 5.41) is 15.0. The fraction of sp³-hybridized carbons (Fsp3) is 0.333. The average molecular weight is 482 g/mol. The summed E-state index contributed by atoms with van der Waals surface area (Å²) < 4.78 is 12.5. The van der Waals surface area contributed by atoms with Gasteiger partial charge in [0, 0.05) is 17.8 Å². The van der Waals surface area contributed by atoms with E-state index in [9.17, 15) is 9.59 Å². The van der Waals surface area contributed by atoms with E-state index >= 15 is 0 Å². The van der Waals surface area contributed by atoms with Gasteiger partial charge < -0.3 is 24.7 Å².